The molecule has 178 valence electrons. The number of nitrogens with zero attached hydrogens (tertiary/aromatic N) is 1. The number of halogens is 1. The number of carbonyl (C=O) groups is 2. The second-order valence-electron chi connectivity index (χ2n) is 8.23. The second kappa shape index (κ2) is 11.0. The summed E-state index contributed by atoms with van der Waals surface area (Å²) in [5.41, 5.74) is 1.76. The van der Waals surface area contributed by atoms with Gasteiger partial charge in [0.1, 0.15) is 18.0 Å². The van der Waals surface area contributed by atoms with Crippen molar-refractivity contribution < 1.29 is 23.8 Å². The highest BCUT2D eigenvalue weighted by Crippen LogP contribution is 2.33. The average Bonchev–Trinajstić information content (AvgIpc) is 2.78. The molecule has 3 rings (SSSR count). The van der Waals surface area contributed by atoms with E-state index in [4.69, 9.17) is 4.74 Å². The molecule has 0 aliphatic rings. The van der Waals surface area contributed by atoms with Gasteiger partial charge in [0.05, 0.1) is 18.4 Å². The van der Waals surface area contributed by atoms with E-state index in [1.165, 1.54) is 18.2 Å². The molecule has 34 heavy (non-hydrogen) atoms. The number of aliphatic hydroxyl groups is 1. The molecule has 0 saturated carbocycles. The lowest BCUT2D eigenvalue weighted by molar-refractivity contribution is -0.145. The smallest absolute Gasteiger partial charge is 0.313 e. The zero-order valence-electron chi connectivity index (χ0n) is 19.5. The number of benzene rings is 2. The van der Waals surface area contributed by atoms with E-state index in [2.05, 4.69) is 0 Å². The lowest BCUT2D eigenvalue weighted by Crippen LogP contribution is -2.25. The van der Waals surface area contributed by atoms with E-state index in [1.807, 2.05) is 26.0 Å². The fourth-order valence-corrected chi connectivity index (χ4v) is 3.93. The molecule has 0 saturated heterocycles. The van der Waals surface area contributed by atoms with E-state index in [1.54, 1.807) is 41.8 Å². The molecular weight excluding hydrogens is 437 g/mol. The summed E-state index contributed by atoms with van der Waals surface area (Å²) in [6, 6.07) is 13.0. The monoisotopic (exact) mass is 465 g/mol. The molecule has 0 aliphatic carbocycles. The van der Waals surface area contributed by atoms with Crippen molar-refractivity contribution in [3.05, 3.63) is 76.5 Å². The Morgan fingerprint density at radius 2 is 1.74 bits per heavy atom. The Morgan fingerprint density at radius 3 is 2.35 bits per heavy atom. The van der Waals surface area contributed by atoms with Gasteiger partial charge in [0.2, 0.25) is 0 Å². The summed E-state index contributed by atoms with van der Waals surface area (Å²) in [5, 5.41) is 11.7. The number of carbonyl (C=O) groups excluding carboxylic acids is 2. The minimum atomic E-state index is -1.16. The van der Waals surface area contributed by atoms with Gasteiger partial charge in [0, 0.05) is 23.4 Å². The predicted molar refractivity (Wildman–Crippen MR) is 130 cm³/mol. The molecule has 1 aromatic heterocycles. The lowest BCUT2D eigenvalue weighted by atomic mass is 9.95. The number of hydrogen-bond donors (Lipinski definition) is 1. The van der Waals surface area contributed by atoms with Gasteiger partial charge in [0.25, 0.3) is 5.56 Å². The fraction of sp³-hybridized carbons (Fsp3) is 0.296. The number of rotatable bonds is 9. The van der Waals surface area contributed by atoms with E-state index >= 15 is 0 Å². The van der Waals surface area contributed by atoms with Crippen LogP contribution in [0.3, 0.4) is 0 Å². The first-order valence-electron chi connectivity index (χ1n) is 11.2. The number of Topliss-reactive ketones (excluding diaryl/α,β-unsaturated/α-hetero) is 1. The van der Waals surface area contributed by atoms with Crippen molar-refractivity contribution in [2.45, 2.75) is 45.8 Å². The molecule has 2 aromatic carbocycles. The highest BCUT2D eigenvalue weighted by molar-refractivity contribution is 5.99. The molecule has 7 heteroatoms. The van der Waals surface area contributed by atoms with Gasteiger partial charge in [-0.05, 0) is 56.0 Å². The van der Waals surface area contributed by atoms with E-state index < -0.39 is 24.3 Å². The summed E-state index contributed by atoms with van der Waals surface area (Å²) in [6.07, 6.45) is 1.20. The first-order valence-corrected chi connectivity index (χ1v) is 11.2. The third kappa shape index (κ3) is 5.66. The Labute approximate surface area is 197 Å². The van der Waals surface area contributed by atoms with Crippen LogP contribution < -0.4 is 5.56 Å². The van der Waals surface area contributed by atoms with Crippen molar-refractivity contribution in [3.8, 4) is 11.1 Å². The van der Waals surface area contributed by atoms with Gasteiger partial charge < -0.3 is 14.4 Å². The third-order valence-corrected chi connectivity index (χ3v) is 5.37. The zero-order valence-corrected chi connectivity index (χ0v) is 19.5. The third-order valence-electron chi connectivity index (χ3n) is 5.37. The van der Waals surface area contributed by atoms with E-state index in [-0.39, 0.29) is 30.4 Å². The Hall–Kier alpha value is -3.58. The first kappa shape index (κ1) is 25.1. The van der Waals surface area contributed by atoms with E-state index in [9.17, 15) is 23.9 Å². The van der Waals surface area contributed by atoms with Crippen molar-refractivity contribution in [1.82, 2.24) is 4.57 Å². The molecule has 1 atom stereocenters. The number of ether oxygens (including phenoxy) is 1. The molecule has 0 fully saturated rings. The summed E-state index contributed by atoms with van der Waals surface area (Å²) in [7, 11) is 0. The Balaban J connectivity index is 2.10. The van der Waals surface area contributed by atoms with Gasteiger partial charge in [-0.15, -0.1) is 0 Å². The molecule has 3 aromatic rings. The Morgan fingerprint density at radius 1 is 1.09 bits per heavy atom. The summed E-state index contributed by atoms with van der Waals surface area (Å²) in [6.45, 7) is 5.58. The van der Waals surface area contributed by atoms with Crippen LogP contribution in [0.4, 0.5) is 4.39 Å². The summed E-state index contributed by atoms with van der Waals surface area (Å²) in [4.78, 5) is 36.9. The lowest BCUT2D eigenvalue weighted by Gasteiger charge is -2.21. The Bertz CT molecular complexity index is 1270. The van der Waals surface area contributed by atoms with Crippen LogP contribution in [-0.2, 0) is 14.3 Å². The van der Waals surface area contributed by atoms with Gasteiger partial charge in [-0.1, -0.05) is 36.4 Å². The van der Waals surface area contributed by atoms with Crippen LogP contribution in [0.5, 0.6) is 0 Å². The molecule has 0 bridgehead atoms. The number of fused-ring (bicyclic) bond motifs is 1. The highest BCUT2D eigenvalue weighted by atomic mass is 19.1. The normalized spacial score (nSPS) is 12.4. The minimum absolute atomic E-state index is 0.176. The molecule has 0 spiro atoms. The number of hydrogen-bond acceptors (Lipinski definition) is 5. The van der Waals surface area contributed by atoms with Crippen LogP contribution in [0, 0.1) is 5.82 Å². The number of pyridine rings is 1. The predicted octanol–water partition coefficient (Wildman–Crippen LogP) is 4.68. The number of esters is 1. The van der Waals surface area contributed by atoms with Crippen molar-refractivity contribution in [2.75, 3.05) is 6.61 Å². The van der Waals surface area contributed by atoms with Gasteiger partial charge in [-0.25, -0.2) is 4.39 Å². The summed E-state index contributed by atoms with van der Waals surface area (Å²) >= 11 is 0. The molecule has 1 unspecified atom stereocenters. The van der Waals surface area contributed by atoms with Crippen LogP contribution in [0.25, 0.3) is 28.0 Å². The van der Waals surface area contributed by atoms with Gasteiger partial charge >= 0.3 is 5.97 Å². The molecule has 1 heterocycles. The van der Waals surface area contributed by atoms with Gasteiger partial charge in [0.15, 0.2) is 0 Å². The molecule has 1 N–H and O–H groups in total. The number of aromatic nitrogens is 1. The zero-order chi connectivity index (χ0) is 24.8. The van der Waals surface area contributed by atoms with Gasteiger partial charge in [-0.2, -0.15) is 0 Å². The van der Waals surface area contributed by atoms with Crippen LogP contribution in [0.2, 0.25) is 0 Å². The topological polar surface area (TPSA) is 85.6 Å². The van der Waals surface area contributed by atoms with Gasteiger partial charge in [-0.3, -0.25) is 14.4 Å². The Kier molecular flexibility index (Phi) is 8.12. The van der Waals surface area contributed by atoms with Crippen molar-refractivity contribution in [1.29, 1.82) is 0 Å². The van der Waals surface area contributed by atoms with Crippen molar-refractivity contribution >= 4 is 28.6 Å². The quantitative estimate of drug-likeness (QED) is 0.367. The van der Waals surface area contributed by atoms with E-state index in [0.29, 0.717) is 27.6 Å². The molecule has 0 radical (unpaired) electrons. The maximum Gasteiger partial charge on any atom is 0.313 e. The molecule has 0 amide bonds. The number of aliphatic hydroxyl groups excluding tert-OH is 1. The number of ketones is 1. The first-order chi connectivity index (χ1) is 16.2. The van der Waals surface area contributed by atoms with Crippen LogP contribution >= 0.6 is 0 Å². The maximum absolute atomic E-state index is 13.6. The molecule has 0 aliphatic heterocycles. The fourth-order valence-electron chi connectivity index (χ4n) is 3.93. The molecule has 6 nitrogen and oxygen atoms in total. The van der Waals surface area contributed by atoms with Crippen LogP contribution in [0.1, 0.15) is 45.3 Å². The van der Waals surface area contributed by atoms with Crippen molar-refractivity contribution in [2.24, 2.45) is 0 Å². The van der Waals surface area contributed by atoms with E-state index in [0.717, 1.165) is 0 Å². The minimum Gasteiger partial charge on any atom is -0.466 e. The summed E-state index contributed by atoms with van der Waals surface area (Å²) < 4.78 is 20.0. The largest absolute Gasteiger partial charge is 0.466 e. The second-order valence-corrected chi connectivity index (χ2v) is 8.23. The van der Waals surface area contributed by atoms with Crippen molar-refractivity contribution in [3.63, 3.8) is 0 Å². The van der Waals surface area contributed by atoms with Crippen LogP contribution in [0.15, 0.2) is 59.4 Å². The SMILES string of the molecule is CCOC(=O)CC(=O)CC(O)/C=C/c1c(-c2ccc(F)cc2)c2ccccc2c(=O)n1C(C)C. The van der Waals surface area contributed by atoms with Crippen LogP contribution in [-0.4, -0.2) is 34.1 Å². The average molecular weight is 466 g/mol. The summed E-state index contributed by atoms with van der Waals surface area (Å²) in [5.74, 6) is -1.46. The standard InChI is InChI=1S/C27H28FNO5/c1-4-34-25(32)16-21(31)15-20(30)13-14-24-26(18-9-11-19(28)12-10-18)22-7-5-6-8-23(22)27(33)29(24)17(2)3/h5-14,17,20,30H,4,15-16H2,1-3H3/b14-13+. The molecular formula is C27H28FNO5. The maximum atomic E-state index is 13.6. The highest BCUT2D eigenvalue weighted by Gasteiger charge is 2.19.